The predicted molar refractivity (Wildman–Crippen MR) is 75.5 cm³/mol. The molecule has 0 fully saturated rings. The molecule has 3 nitrogen and oxygen atoms in total. The van der Waals surface area contributed by atoms with Gasteiger partial charge in [0.05, 0.1) is 10.0 Å². The molecule has 2 rings (SSSR count). The number of hydrogen-bond acceptors (Lipinski definition) is 2. The number of carboxylic acids is 1. The number of aryl methyl sites for hydroxylation is 1. The van der Waals surface area contributed by atoms with E-state index in [0.29, 0.717) is 4.47 Å². The van der Waals surface area contributed by atoms with Crippen molar-refractivity contribution in [3.8, 4) is 0 Å². The van der Waals surface area contributed by atoms with Crippen molar-refractivity contribution in [3.63, 3.8) is 0 Å². The minimum absolute atomic E-state index is 0.239. The molecule has 0 radical (unpaired) electrons. The lowest BCUT2D eigenvalue weighted by Crippen LogP contribution is -1.99. The van der Waals surface area contributed by atoms with Gasteiger partial charge < -0.3 is 10.4 Å². The van der Waals surface area contributed by atoms with Gasteiger partial charge in [0.1, 0.15) is 5.82 Å². The standard InChI is InChI=1S/C14H11BrFNO2/c1-8-6-9(14(18)19)2-5-13(8)17-10-3-4-12(16)11(15)7-10/h2-7,17H,1H3,(H,18,19). The SMILES string of the molecule is Cc1cc(C(=O)O)ccc1Nc1ccc(F)c(Br)c1. The van der Waals surface area contributed by atoms with E-state index in [1.54, 1.807) is 24.3 Å². The number of nitrogens with one attached hydrogen (secondary N) is 1. The molecule has 0 aliphatic heterocycles. The quantitative estimate of drug-likeness (QED) is 0.883. The van der Waals surface area contributed by atoms with Crippen molar-refractivity contribution in [2.45, 2.75) is 6.92 Å². The summed E-state index contributed by atoms with van der Waals surface area (Å²) in [6.45, 7) is 1.81. The summed E-state index contributed by atoms with van der Waals surface area (Å²) in [6, 6.07) is 9.40. The number of aromatic carboxylic acids is 1. The Kier molecular flexibility index (Phi) is 3.85. The number of rotatable bonds is 3. The van der Waals surface area contributed by atoms with Gasteiger partial charge in [-0.05, 0) is 64.8 Å². The molecule has 0 aliphatic carbocycles. The minimum atomic E-state index is -0.959. The molecule has 98 valence electrons. The van der Waals surface area contributed by atoms with Crippen LogP contribution in [0.15, 0.2) is 40.9 Å². The Hall–Kier alpha value is -1.88. The molecule has 0 aliphatic rings. The average molecular weight is 324 g/mol. The number of halogens is 2. The normalized spacial score (nSPS) is 10.3. The van der Waals surface area contributed by atoms with Crippen LogP contribution in [-0.4, -0.2) is 11.1 Å². The first-order chi connectivity index (χ1) is 8.97. The third kappa shape index (κ3) is 3.12. The van der Waals surface area contributed by atoms with E-state index < -0.39 is 5.97 Å². The van der Waals surface area contributed by atoms with E-state index in [2.05, 4.69) is 21.2 Å². The van der Waals surface area contributed by atoms with Gasteiger partial charge in [-0.1, -0.05) is 0 Å². The third-order valence-corrected chi connectivity index (χ3v) is 3.28. The number of hydrogen-bond donors (Lipinski definition) is 2. The maximum absolute atomic E-state index is 13.1. The molecule has 2 N–H and O–H groups in total. The van der Waals surface area contributed by atoms with Crippen molar-refractivity contribution in [3.05, 3.63) is 57.8 Å². The first-order valence-corrected chi connectivity index (χ1v) is 6.32. The van der Waals surface area contributed by atoms with Crippen LogP contribution in [0, 0.1) is 12.7 Å². The molecule has 0 saturated heterocycles. The Balaban J connectivity index is 2.28. The molecule has 0 amide bonds. The number of carbonyl (C=O) groups is 1. The largest absolute Gasteiger partial charge is 0.478 e. The zero-order valence-electron chi connectivity index (χ0n) is 10.1. The fraction of sp³-hybridized carbons (Fsp3) is 0.0714. The summed E-state index contributed by atoms with van der Waals surface area (Å²) in [7, 11) is 0. The summed E-state index contributed by atoms with van der Waals surface area (Å²) >= 11 is 3.12. The van der Waals surface area contributed by atoms with E-state index in [1.807, 2.05) is 6.92 Å². The lowest BCUT2D eigenvalue weighted by atomic mass is 10.1. The highest BCUT2D eigenvalue weighted by atomic mass is 79.9. The highest BCUT2D eigenvalue weighted by Gasteiger charge is 2.06. The molecule has 0 heterocycles. The van der Waals surface area contributed by atoms with E-state index in [-0.39, 0.29) is 11.4 Å². The molecular formula is C14H11BrFNO2. The highest BCUT2D eigenvalue weighted by Crippen LogP contribution is 2.25. The van der Waals surface area contributed by atoms with E-state index in [9.17, 15) is 9.18 Å². The average Bonchev–Trinajstić information content (AvgIpc) is 2.36. The highest BCUT2D eigenvalue weighted by molar-refractivity contribution is 9.10. The summed E-state index contributed by atoms with van der Waals surface area (Å²) in [5.74, 6) is -1.29. The molecule has 0 aromatic heterocycles. The van der Waals surface area contributed by atoms with Crippen molar-refractivity contribution in [1.29, 1.82) is 0 Å². The summed E-state index contributed by atoms with van der Waals surface area (Å²) in [5, 5.41) is 12.0. The van der Waals surface area contributed by atoms with Crippen molar-refractivity contribution in [2.24, 2.45) is 0 Å². The van der Waals surface area contributed by atoms with Crippen LogP contribution in [-0.2, 0) is 0 Å². The maximum Gasteiger partial charge on any atom is 0.335 e. The van der Waals surface area contributed by atoms with Gasteiger partial charge in [0.25, 0.3) is 0 Å². The van der Waals surface area contributed by atoms with Crippen molar-refractivity contribution >= 4 is 33.3 Å². The summed E-state index contributed by atoms with van der Waals surface area (Å²) in [5.41, 5.74) is 2.55. The van der Waals surface area contributed by atoms with Crippen LogP contribution >= 0.6 is 15.9 Å². The Bertz CT molecular complexity index is 643. The van der Waals surface area contributed by atoms with E-state index >= 15 is 0 Å². The van der Waals surface area contributed by atoms with Crippen LogP contribution in [0.3, 0.4) is 0 Å². The Morgan fingerprint density at radius 1 is 1.26 bits per heavy atom. The zero-order valence-corrected chi connectivity index (χ0v) is 11.7. The number of benzene rings is 2. The molecule has 2 aromatic rings. The minimum Gasteiger partial charge on any atom is -0.478 e. The molecule has 0 saturated carbocycles. The zero-order chi connectivity index (χ0) is 14.0. The van der Waals surface area contributed by atoms with Gasteiger partial charge in [0, 0.05) is 11.4 Å². The van der Waals surface area contributed by atoms with Crippen LogP contribution < -0.4 is 5.32 Å². The van der Waals surface area contributed by atoms with Crippen molar-refractivity contribution < 1.29 is 14.3 Å². The van der Waals surface area contributed by atoms with Gasteiger partial charge in [0.15, 0.2) is 0 Å². The van der Waals surface area contributed by atoms with Crippen LogP contribution in [0.1, 0.15) is 15.9 Å². The van der Waals surface area contributed by atoms with Crippen LogP contribution in [0.2, 0.25) is 0 Å². The molecule has 19 heavy (non-hydrogen) atoms. The van der Waals surface area contributed by atoms with E-state index in [4.69, 9.17) is 5.11 Å². The molecular weight excluding hydrogens is 313 g/mol. The molecule has 0 unspecified atom stereocenters. The van der Waals surface area contributed by atoms with Gasteiger partial charge in [-0.3, -0.25) is 0 Å². The molecule has 5 heteroatoms. The van der Waals surface area contributed by atoms with E-state index in [1.165, 1.54) is 12.1 Å². The van der Waals surface area contributed by atoms with E-state index in [0.717, 1.165) is 16.9 Å². The fourth-order valence-electron chi connectivity index (χ4n) is 1.67. The first-order valence-electron chi connectivity index (χ1n) is 5.53. The van der Waals surface area contributed by atoms with Crippen LogP contribution in [0.5, 0.6) is 0 Å². The Morgan fingerprint density at radius 3 is 2.58 bits per heavy atom. The third-order valence-electron chi connectivity index (χ3n) is 2.67. The lowest BCUT2D eigenvalue weighted by Gasteiger charge is -2.10. The summed E-state index contributed by atoms with van der Waals surface area (Å²) < 4.78 is 13.5. The molecule has 0 spiro atoms. The van der Waals surface area contributed by atoms with Crippen LogP contribution in [0.25, 0.3) is 0 Å². The lowest BCUT2D eigenvalue weighted by molar-refractivity contribution is 0.0697. The first kappa shape index (κ1) is 13.5. The second kappa shape index (κ2) is 5.40. The van der Waals surface area contributed by atoms with Gasteiger partial charge >= 0.3 is 5.97 Å². The van der Waals surface area contributed by atoms with Crippen LogP contribution in [0.4, 0.5) is 15.8 Å². The number of carboxylic acid groups (broad SMARTS) is 1. The topological polar surface area (TPSA) is 49.3 Å². The Labute approximate surface area is 118 Å². The Morgan fingerprint density at radius 2 is 2.00 bits per heavy atom. The number of anilines is 2. The second-order valence-corrected chi connectivity index (χ2v) is 4.94. The van der Waals surface area contributed by atoms with Gasteiger partial charge in [-0.25, -0.2) is 9.18 Å². The van der Waals surface area contributed by atoms with Crippen molar-refractivity contribution in [2.75, 3.05) is 5.32 Å². The second-order valence-electron chi connectivity index (χ2n) is 4.09. The maximum atomic E-state index is 13.1. The van der Waals surface area contributed by atoms with Gasteiger partial charge in [0.2, 0.25) is 0 Å². The summed E-state index contributed by atoms with van der Waals surface area (Å²) in [4.78, 5) is 10.8. The molecule has 2 aromatic carbocycles. The smallest absolute Gasteiger partial charge is 0.335 e. The predicted octanol–water partition coefficient (Wildman–Crippen LogP) is 4.34. The van der Waals surface area contributed by atoms with Gasteiger partial charge in [-0.15, -0.1) is 0 Å². The summed E-state index contributed by atoms with van der Waals surface area (Å²) in [6.07, 6.45) is 0. The van der Waals surface area contributed by atoms with Crippen molar-refractivity contribution in [1.82, 2.24) is 0 Å². The van der Waals surface area contributed by atoms with Gasteiger partial charge in [-0.2, -0.15) is 0 Å². The fourth-order valence-corrected chi connectivity index (χ4v) is 2.05. The molecule has 0 atom stereocenters. The molecule has 0 bridgehead atoms. The monoisotopic (exact) mass is 323 g/mol.